The lowest BCUT2D eigenvalue weighted by Gasteiger charge is -2.15. The zero-order valence-electron chi connectivity index (χ0n) is 12.8. The molecule has 0 aliphatic heterocycles. The van der Waals surface area contributed by atoms with Crippen molar-refractivity contribution in [2.45, 2.75) is 52.4 Å². The second-order valence-electron chi connectivity index (χ2n) is 5.91. The Balaban J connectivity index is 2.15. The van der Waals surface area contributed by atoms with Gasteiger partial charge in [-0.15, -0.1) is 0 Å². The van der Waals surface area contributed by atoms with Gasteiger partial charge in [-0.25, -0.2) is 4.98 Å². The fourth-order valence-corrected chi connectivity index (χ4v) is 1.86. The van der Waals surface area contributed by atoms with E-state index in [1.165, 1.54) is 12.8 Å². The summed E-state index contributed by atoms with van der Waals surface area (Å²) in [4.78, 5) is 9.06. The summed E-state index contributed by atoms with van der Waals surface area (Å²) in [5.74, 6) is 3.08. The van der Waals surface area contributed by atoms with Crippen molar-refractivity contribution >= 4 is 11.5 Å². The average molecular weight is 278 g/mol. The molecule has 0 saturated heterocycles. The quantitative estimate of drug-likeness (QED) is 0.714. The number of nitrogen functional groups attached to an aromatic ring is 1. The van der Waals surface area contributed by atoms with Crippen molar-refractivity contribution in [3.63, 3.8) is 0 Å². The molecule has 20 heavy (non-hydrogen) atoms. The standard InChI is InChI=1S/C15H26N4O/c1-4-5-8-17-14-12(16)15(20-9-10(2)3)19-13(18-14)11-6-7-11/h10-11H,4-9,16H2,1-3H3,(H,17,18,19). The normalized spacial score (nSPS) is 14.6. The maximum absolute atomic E-state index is 6.13. The molecule has 3 N–H and O–H groups in total. The molecule has 1 aliphatic carbocycles. The molecule has 0 radical (unpaired) electrons. The van der Waals surface area contributed by atoms with Crippen molar-refractivity contribution in [2.75, 3.05) is 24.2 Å². The van der Waals surface area contributed by atoms with E-state index in [2.05, 4.69) is 36.1 Å². The van der Waals surface area contributed by atoms with Gasteiger partial charge in [-0.05, 0) is 25.2 Å². The number of rotatable bonds is 8. The van der Waals surface area contributed by atoms with Crippen molar-refractivity contribution in [1.29, 1.82) is 0 Å². The molecule has 1 aromatic rings. The van der Waals surface area contributed by atoms with Crippen LogP contribution in [0.4, 0.5) is 11.5 Å². The molecule has 2 rings (SSSR count). The fourth-order valence-electron chi connectivity index (χ4n) is 1.86. The molecule has 1 heterocycles. The number of nitrogens with zero attached hydrogens (tertiary/aromatic N) is 2. The number of nitrogens with one attached hydrogen (secondary N) is 1. The largest absolute Gasteiger partial charge is 0.476 e. The Labute approximate surface area is 121 Å². The van der Waals surface area contributed by atoms with Crippen LogP contribution in [0.15, 0.2) is 0 Å². The molecule has 0 spiro atoms. The van der Waals surface area contributed by atoms with Gasteiger partial charge < -0.3 is 15.8 Å². The van der Waals surface area contributed by atoms with Gasteiger partial charge in [0.1, 0.15) is 11.5 Å². The highest BCUT2D eigenvalue weighted by molar-refractivity contribution is 5.67. The zero-order valence-corrected chi connectivity index (χ0v) is 12.8. The van der Waals surface area contributed by atoms with Gasteiger partial charge in [0.25, 0.3) is 0 Å². The first-order valence-electron chi connectivity index (χ1n) is 7.65. The molecule has 1 fully saturated rings. The molecule has 0 amide bonds. The summed E-state index contributed by atoms with van der Waals surface area (Å²) in [5.41, 5.74) is 6.66. The molecule has 0 atom stereocenters. The first-order chi connectivity index (χ1) is 9.61. The molecular weight excluding hydrogens is 252 g/mol. The number of anilines is 2. The van der Waals surface area contributed by atoms with Crippen LogP contribution in [0, 0.1) is 5.92 Å². The Bertz CT molecular complexity index is 444. The van der Waals surface area contributed by atoms with Gasteiger partial charge >= 0.3 is 0 Å². The minimum absolute atomic E-state index is 0.449. The van der Waals surface area contributed by atoms with E-state index in [0.717, 1.165) is 31.0 Å². The molecule has 1 aliphatic rings. The molecule has 0 unspecified atom stereocenters. The number of hydrogen-bond acceptors (Lipinski definition) is 5. The smallest absolute Gasteiger partial charge is 0.242 e. The molecule has 112 valence electrons. The summed E-state index contributed by atoms with van der Waals surface area (Å²) in [6, 6.07) is 0. The van der Waals surface area contributed by atoms with E-state index in [9.17, 15) is 0 Å². The topological polar surface area (TPSA) is 73.1 Å². The highest BCUT2D eigenvalue weighted by Crippen LogP contribution is 2.40. The zero-order chi connectivity index (χ0) is 14.5. The third-order valence-electron chi connectivity index (χ3n) is 3.25. The highest BCUT2D eigenvalue weighted by Gasteiger charge is 2.28. The summed E-state index contributed by atoms with van der Waals surface area (Å²) in [6.45, 7) is 7.89. The van der Waals surface area contributed by atoms with Gasteiger partial charge in [0.05, 0.1) is 6.61 Å². The van der Waals surface area contributed by atoms with Crippen LogP contribution in [0.2, 0.25) is 0 Å². The number of hydrogen-bond donors (Lipinski definition) is 2. The third-order valence-corrected chi connectivity index (χ3v) is 3.25. The second-order valence-corrected chi connectivity index (χ2v) is 5.91. The Morgan fingerprint density at radius 3 is 2.70 bits per heavy atom. The van der Waals surface area contributed by atoms with Crippen molar-refractivity contribution in [3.8, 4) is 5.88 Å². The molecule has 5 heteroatoms. The predicted octanol–water partition coefficient (Wildman–Crippen LogP) is 3.18. The maximum Gasteiger partial charge on any atom is 0.242 e. The lowest BCUT2D eigenvalue weighted by atomic mass is 10.2. The maximum atomic E-state index is 6.13. The van der Waals surface area contributed by atoms with Gasteiger partial charge in [-0.2, -0.15) is 4.98 Å². The van der Waals surface area contributed by atoms with Crippen molar-refractivity contribution in [3.05, 3.63) is 5.82 Å². The SMILES string of the molecule is CCCCNc1nc(C2CC2)nc(OCC(C)C)c1N. The van der Waals surface area contributed by atoms with Gasteiger partial charge in [0.15, 0.2) is 5.82 Å². The molecule has 0 bridgehead atoms. The van der Waals surface area contributed by atoms with E-state index in [1.807, 2.05) is 0 Å². The minimum Gasteiger partial charge on any atom is -0.476 e. The fraction of sp³-hybridized carbons (Fsp3) is 0.733. The van der Waals surface area contributed by atoms with Crippen LogP contribution in [0.25, 0.3) is 0 Å². The third kappa shape index (κ3) is 3.99. The van der Waals surface area contributed by atoms with Gasteiger partial charge in [0.2, 0.25) is 5.88 Å². The Kier molecular flexibility index (Phi) is 5.04. The number of aromatic nitrogens is 2. The van der Waals surface area contributed by atoms with Crippen LogP contribution in [0.3, 0.4) is 0 Å². The number of nitrogens with two attached hydrogens (primary N) is 1. The Morgan fingerprint density at radius 1 is 1.35 bits per heavy atom. The van der Waals surface area contributed by atoms with Crippen molar-refractivity contribution in [1.82, 2.24) is 9.97 Å². The van der Waals surface area contributed by atoms with Gasteiger partial charge in [-0.3, -0.25) is 0 Å². The van der Waals surface area contributed by atoms with E-state index in [4.69, 9.17) is 10.5 Å². The van der Waals surface area contributed by atoms with Crippen LogP contribution < -0.4 is 15.8 Å². The summed E-state index contributed by atoms with van der Waals surface area (Å²) < 4.78 is 5.75. The molecule has 0 aromatic carbocycles. The predicted molar refractivity (Wildman–Crippen MR) is 82.2 cm³/mol. The average Bonchev–Trinajstić information content (AvgIpc) is 3.23. The molecular formula is C15H26N4O. The molecule has 1 aromatic heterocycles. The van der Waals surface area contributed by atoms with E-state index in [-0.39, 0.29) is 0 Å². The van der Waals surface area contributed by atoms with Crippen LogP contribution in [0.1, 0.15) is 58.2 Å². The van der Waals surface area contributed by atoms with E-state index < -0.39 is 0 Å². The van der Waals surface area contributed by atoms with Crippen molar-refractivity contribution in [2.24, 2.45) is 5.92 Å². The molecule has 5 nitrogen and oxygen atoms in total. The Hall–Kier alpha value is -1.52. The first-order valence-corrected chi connectivity index (χ1v) is 7.65. The van der Waals surface area contributed by atoms with Crippen LogP contribution in [-0.2, 0) is 0 Å². The lowest BCUT2D eigenvalue weighted by molar-refractivity contribution is 0.262. The van der Waals surface area contributed by atoms with Crippen LogP contribution in [0.5, 0.6) is 5.88 Å². The summed E-state index contributed by atoms with van der Waals surface area (Å²) in [7, 11) is 0. The van der Waals surface area contributed by atoms with Crippen LogP contribution >= 0.6 is 0 Å². The van der Waals surface area contributed by atoms with Crippen LogP contribution in [-0.4, -0.2) is 23.1 Å². The van der Waals surface area contributed by atoms with E-state index >= 15 is 0 Å². The summed E-state index contributed by atoms with van der Waals surface area (Å²) in [5, 5.41) is 3.31. The van der Waals surface area contributed by atoms with E-state index in [1.54, 1.807) is 0 Å². The van der Waals surface area contributed by atoms with Gasteiger partial charge in [0, 0.05) is 12.5 Å². The summed E-state index contributed by atoms with van der Waals surface area (Å²) >= 11 is 0. The minimum atomic E-state index is 0.449. The second kappa shape index (κ2) is 6.77. The number of unbranched alkanes of at least 4 members (excludes halogenated alkanes) is 1. The van der Waals surface area contributed by atoms with Gasteiger partial charge in [-0.1, -0.05) is 27.2 Å². The lowest BCUT2D eigenvalue weighted by Crippen LogP contribution is -2.13. The Morgan fingerprint density at radius 2 is 2.10 bits per heavy atom. The monoisotopic (exact) mass is 278 g/mol. The molecule has 1 saturated carbocycles. The number of ether oxygens (including phenoxy) is 1. The highest BCUT2D eigenvalue weighted by atomic mass is 16.5. The first kappa shape index (κ1) is 14.9. The van der Waals surface area contributed by atoms with E-state index in [0.29, 0.717) is 30.0 Å². The summed E-state index contributed by atoms with van der Waals surface area (Å²) in [6.07, 6.45) is 4.58. The van der Waals surface area contributed by atoms with Crippen molar-refractivity contribution < 1.29 is 4.74 Å².